The predicted molar refractivity (Wildman–Crippen MR) is 70.0 cm³/mol. The molecule has 0 saturated heterocycles. The van der Waals surface area contributed by atoms with Gasteiger partial charge < -0.3 is 10.4 Å². The molecule has 0 aliphatic rings. The Morgan fingerprint density at radius 1 is 1.44 bits per heavy atom. The van der Waals surface area contributed by atoms with Crippen LogP contribution in [0.15, 0.2) is 29.6 Å². The molecule has 1 heterocycles. The van der Waals surface area contributed by atoms with Gasteiger partial charge in [-0.25, -0.2) is 9.18 Å². The molecule has 1 aromatic heterocycles. The molecule has 3 nitrogen and oxygen atoms in total. The third-order valence-corrected chi connectivity index (χ3v) is 3.52. The molecule has 0 aliphatic heterocycles. The van der Waals surface area contributed by atoms with Crippen LogP contribution in [-0.4, -0.2) is 11.1 Å². The minimum atomic E-state index is -0.978. The van der Waals surface area contributed by atoms with Crippen molar-refractivity contribution in [2.45, 2.75) is 6.54 Å². The van der Waals surface area contributed by atoms with Crippen molar-refractivity contribution in [2.75, 3.05) is 5.32 Å². The van der Waals surface area contributed by atoms with Gasteiger partial charge >= 0.3 is 5.97 Å². The largest absolute Gasteiger partial charge is 0.477 e. The molecule has 1 aromatic carbocycles. The van der Waals surface area contributed by atoms with Gasteiger partial charge in [0.15, 0.2) is 0 Å². The molecule has 0 radical (unpaired) electrons. The van der Waals surface area contributed by atoms with Crippen LogP contribution < -0.4 is 5.32 Å². The Morgan fingerprint density at radius 2 is 2.22 bits per heavy atom. The number of carbonyl (C=O) groups is 1. The number of carboxylic acid groups (broad SMARTS) is 1. The summed E-state index contributed by atoms with van der Waals surface area (Å²) in [5.41, 5.74) is 0.872. The van der Waals surface area contributed by atoms with Gasteiger partial charge in [-0.15, -0.1) is 11.3 Å². The molecule has 0 spiro atoms. The molecule has 0 bridgehead atoms. The Bertz CT molecular complexity index is 585. The zero-order valence-electron chi connectivity index (χ0n) is 9.11. The van der Waals surface area contributed by atoms with Gasteiger partial charge in [0.25, 0.3) is 0 Å². The van der Waals surface area contributed by atoms with Crippen LogP contribution in [0.1, 0.15) is 15.2 Å². The van der Waals surface area contributed by atoms with Crippen molar-refractivity contribution in [3.8, 4) is 0 Å². The van der Waals surface area contributed by atoms with Crippen molar-refractivity contribution >= 4 is 34.6 Å². The van der Waals surface area contributed by atoms with E-state index in [9.17, 15) is 9.18 Å². The maximum absolute atomic E-state index is 13.4. The summed E-state index contributed by atoms with van der Waals surface area (Å²) in [5, 5.41) is 13.9. The number of aromatic carboxylic acids is 1. The van der Waals surface area contributed by atoms with E-state index >= 15 is 0 Å². The highest BCUT2D eigenvalue weighted by atomic mass is 35.5. The lowest BCUT2D eigenvalue weighted by molar-refractivity contribution is 0.0701. The Labute approximate surface area is 112 Å². The van der Waals surface area contributed by atoms with Gasteiger partial charge in [-0.2, -0.15) is 0 Å². The molecule has 0 atom stereocenters. The summed E-state index contributed by atoms with van der Waals surface area (Å²) in [7, 11) is 0. The first-order valence-corrected chi connectivity index (χ1v) is 6.32. The molecule has 2 rings (SSSR count). The van der Waals surface area contributed by atoms with E-state index in [1.807, 2.05) is 0 Å². The second-order valence-electron chi connectivity index (χ2n) is 3.56. The van der Waals surface area contributed by atoms with Crippen LogP contribution in [0.25, 0.3) is 0 Å². The fourth-order valence-corrected chi connectivity index (χ4v) is 2.42. The van der Waals surface area contributed by atoms with Crippen molar-refractivity contribution in [1.82, 2.24) is 0 Å². The van der Waals surface area contributed by atoms with Gasteiger partial charge in [-0.05, 0) is 35.2 Å². The number of anilines is 1. The highest BCUT2D eigenvalue weighted by Gasteiger charge is 2.11. The summed E-state index contributed by atoms with van der Waals surface area (Å²) in [6, 6.07) is 5.87. The summed E-state index contributed by atoms with van der Waals surface area (Å²) in [6.45, 7) is 0.238. The minimum absolute atomic E-state index is 0.238. The zero-order valence-corrected chi connectivity index (χ0v) is 10.7. The van der Waals surface area contributed by atoms with E-state index < -0.39 is 11.8 Å². The second kappa shape index (κ2) is 5.37. The molecule has 94 valence electrons. The number of carboxylic acids is 1. The highest BCUT2D eigenvalue weighted by molar-refractivity contribution is 7.12. The normalized spacial score (nSPS) is 10.3. The van der Waals surface area contributed by atoms with E-state index in [4.69, 9.17) is 16.7 Å². The summed E-state index contributed by atoms with van der Waals surface area (Å²) in [4.78, 5) is 11.2. The van der Waals surface area contributed by atoms with E-state index in [2.05, 4.69) is 5.32 Å². The number of hydrogen-bond acceptors (Lipinski definition) is 3. The van der Waals surface area contributed by atoms with Crippen molar-refractivity contribution in [3.05, 3.63) is 50.9 Å². The van der Waals surface area contributed by atoms with Crippen molar-refractivity contribution < 1.29 is 14.3 Å². The van der Waals surface area contributed by atoms with Crippen molar-refractivity contribution in [2.24, 2.45) is 0 Å². The summed E-state index contributed by atoms with van der Waals surface area (Å²) >= 11 is 6.90. The topological polar surface area (TPSA) is 49.3 Å². The predicted octanol–water partition coefficient (Wildman–Crippen LogP) is 3.85. The van der Waals surface area contributed by atoms with E-state index in [0.717, 1.165) is 11.3 Å². The molecule has 0 unspecified atom stereocenters. The first-order chi connectivity index (χ1) is 8.58. The van der Waals surface area contributed by atoms with E-state index in [-0.39, 0.29) is 17.1 Å². The quantitative estimate of drug-likeness (QED) is 0.897. The average Bonchev–Trinajstić information content (AvgIpc) is 2.79. The Morgan fingerprint density at radius 3 is 2.94 bits per heavy atom. The van der Waals surface area contributed by atoms with Crippen LogP contribution in [0.4, 0.5) is 10.1 Å². The fourth-order valence-electron chi connectivity index (χ4n) is 1.49. The first kappa shape index (κ1) is 12.9. The third kappa shape index (κ3) is 2.80. The van der Waals surface area contributed by atoms with Gasteiger partial charge in [0.1, 0.15) is 10.7 Å². The number of thiophene rings is 1. The summed E-state index contributed by atoms with van der Waals surface area (Å²) < 4.78 is 13.4. The van der Waals surface area contributed by atoms with Crippen LogP contribution >= 0.6 is 22.9 Å². The Kier molecular flexibility index (Phi) is 3.84. The molecule has 0 aliphatic carbocycles. The van der Waals surface area contributed by atoms with Gasteiger partial charge in [0, 0.05) is 11.6 Å². The number of nitrogens with one attached hydrogen (secondary N) is 1. The lowest BCUT2D eigenvalue weighted by Gasteiger charge is -2.07. The Balaban J connectivity index is 2.14. The monoisotopic (exact) mass is 285 g/mol. The zero-order chi connectivity index (χ0) is 13.1. The average molecular weight is 286 g/mol. The lowest BCUT2D eigenvalue weighted by atomic mass is 10.2. The maximum Gasteiger partial charge on any atom is 0.346 e. The summed E-state index contributed by atoms with van der Waals surface area (Å²) in [5.74, 6) is -1.40. The molecule has 18 heavy (non-hydrogen) atoms. The Hall–Kier alpha value is -1.59. The number of rotatable bonds is 4. The second-order valence-corrected chi connectivity index (χ2v) is 4.91. The molecule has 0 amide bonds. The van der Waals surface area contributed by atoms with Crippen LogP contribution in [0.2, 0.25) is 5.02 Å². The van der Waals surface area contributed by atoms with Crippen LogP contribution in [-0.2, 0) is 6.54 Å². The fraction of sp³-hybridized carbons (Fsp3) is 0.0833. The SMILES string of the molecule is O=C(O)c1sccc1CNc1cc(Cl)ccc1F. The maximum atomic E-state index is 13.4. The number of hydrogen-bond donors (Lipinski definition) is 2. The van der Waals surface area contributed by atoms with Crippen molar-refractivity contribution in [3.63, 3.8) is 0 Å². The van der Waals surface area contributed by atoms with Crippen LogP contribution in [0.3, 0.4) is 0 Å². The standard InChI is InChI=1S/C12H9ClFNO2S/c13-8-1-2-9(14)10(5-8)15-6-7-3-4-18-11(7)12(16)17/h1-5,15H,6H2,(H,16,17). The molecular formula is C12H9ClFNO2S. The highest BCUT2D eigenvalue weighted by Crippen LogP contribution is 2.22. The van der Waals surface area contributed by atoms with Gasteiger partial charge in [-0.3, -0.25) is 0 Å². The molecule has 0 saturated carbocycles. The van der Waals surface area contributed by atoms with E-state index in [0.29, 0.717) is 10.6 Å². The van der Waals surface area contributed by atoms with E-state index in [1.165, 1.54) is 18.2 Å². The first-order valence-electron chi connectivity index (χ1n) is 5.06. The lowest BCUT2D eigenvalue weighted by Crippen LogP contribution is -2.05. The minimum Gasteiger partial charge on any atom is -0.477 e. The summed E-state index contributed by atoms with van der Waals surface area (Å²) in [6.07, 6.45) is 0. The van der Waals surface area contributed by atoms with Crippen LogP contribution in [0, 0.1) is 5.82 Å². The van der Waals surface area contributed by atoms with Gasteiger partial charge in [0.05, 0.1) is 5.69 Å². The number of benzene rings is 1. The molecule has 0 fully saturated rings. The van der Waals surface area contributed by atoms with Gasteiger partial charge in [0.2, 0.25) is 0 Å². The molecule has 2 N–H and O–H groups in total. The number of halogens is 2. The molecule has 6 heteroatoms. The smallest absolute Gasteiger partial charge is 0.346 e. The van der Waals surface area contributed by atoms with Crippen molar-refractivity contribution in [1.29, 1.82) is 0 Å². The molecular weight excluding hydrogens is 277 g/mol. The van der Waals surface area contributed by atoms with E-state index in [1.54, 1.807) is 11.4 Å². The molecule has 2 aromatic rings. The third-order valence-electron chi connectivity index (χ3n) is 2.34. The van der Waals surface area contributed by atoms with Crippen LogP contribution in [0.5, 0.6) is 0 Å². The van der Waals surface area contributed by atoms with Gasteiger partial charge in [-0.1, -0.05) is 11.6 Å².